The average Bonchev–Trinajstić information content (AvgIpc) is 2.00. The van der Waals surface area contributed by atoms with Gasteiger partial charge in [-0.05, 0) is 18.3 Å². The molecule has 0 bridgehead atoms. The van der Waals surface area contributed by atoms with Gasteiger partial charge in [-0.3, -0.25) is 0 Å². The van der Waals surface area contributed by atoms with E-state index in [9.17, 15) is 8.78 Å². The number of alkyl halides is 2. The van der Waals surface area contributed by atoms with E-state index in [0.29, 0.717) is 0 Å². The fourth-order valence-electron chi connectivity index (χ4n) is 2.17. The summed E-state index contributed by atoms with van der Waals surface area (Å²) < 4.78 is 25.3. The lowest BCUT2D eigenvalue weighted by molar-refractivity contribution is 0.0116. The van der Waals surface area contributed by atoms with Crippen LogP contribution in [0.25, 0.3) is 0 Å². The van der Waals surface area contributed by atoms with Gasteiger partial charge in [-0.25, -0.2) is 8.78 Å². The van der Waals surface area contributed by atoms with Crippen LogP contribution in [0.5, 0.6) is 0 Å². The summed E-state index contributed by atoms with van der Waals surface area (Å²) in [6.45, 7) is 5.10. The molecule has 0 aromatic carbocycles. The summed E-state index contributed by atoms with van der Waals surface area (Å²) >= 11 is 0. The predicted molar refractivity (Wildman–Crippen MR) is 54.7 cm³/mol. The standard InChI is InChI=1S/C11H21F2N/c1-10(2)7-5-4-6-9(10)14-8-11(3,12)13/h9,14H,4-8H2,1-3H3. The van der Waals surface area contributed by atoms with Gasteiger partial charge >= 0.3 is 0 Å². The molecule has 14 heavy (non-hydrogen) atoms. The SMILES string of the molecule is CC(F)(F)CNC1CCCCC1(C)C. The van der Waals surface area contributed by atoms with Gasteiger partial charge in [0.25, 0.3) is 5.92 Å². The van der Waals surface area contributed by atoms with Crippen molar-refractivity contribution < 1.29 is 8.78 Å². The van der Waals surface area contributed by atoms with Crippen LogP contribution in [0.1, 0.15) is 46.5 Å². The third-order valence-corrected chi connectivity index (χ3v) is 3.17. The van der Waals surface area contributed by atoms with E-state index >= 15 is 0 Å². The van der Waals surface area contributed by atoms with Crippen LogP contribution in [0.3, 0.4) is 0 Å². The molecule has 84 valence electrons. The first-order valence-electron chi connectivity index (χ1n) is 5.42. The molecule has 0 aliphatic heterocycles. The zero-order chi connectivity index (χ0) is 10.8. The zero-order valence-corrected chi connectivity index (χ0v) is 9.37. The monoisotopic (exact) mass is 205 g/mol. The third-order valence-electron chi connectivity index (χ3n) is 3.17. The predicted octanol–water partition coefficient (Wildman–Crippen LogP) is 3.20. The Labute approximate surface area is 85.3 Å². The van der Waals surface area contributed by atoms with Gasteiger partial charge in [0, 0.05) is 13.0 Å². The van der Waals surface area contributed by atoms with Crippen molar-refractivity contribution >= 4 is 0 Å². The van der Waals surface area contributed by atoms with Gasteiger partial charge in [0.05, 0.1) is 6.54 Å². The molecule has 0 aromatic heterocycles. The molecule has 0 heterocycles. The van der Waals surface area contributed by atoms with Gasteiger partial charge in [-0.2, -0.15) is 0 Å². The Morgan fingerprint density at radius 1 is 1.36 bits per heavy atom. The second-order valence-corrected chi connectivity index (χ2v) is 5.24. The van der Waals surface area contributed by atoms with Crippen molar-refractivity contribution in [3.63, 3.8) is 0 Å². The molecule has 3 heteroatoms. The van der Waals surface area contributed by atoms with Crippen LogP contribution in [0.4, 0.5) is 8.78 Å². The molecular formula is C11H21F2N. The van der Waals surface area contributed by atoms with Crippen molar-refractivity contribution in [3.05, 3.63) is 0 Å². The third kappa shape index (κ3) is 3.52. The Kier molecular flexibility index (Phi) is 3.51. The van der Waals surface area contributed by atoms with Gasteiger partial charge in [-0.15, -0.1) is 0 Å². The van der Waals surface area contributed by atoms with Crippen molar-refractivity contribution in [2.24, 2.45) is 5.41 Å². The number of hydrogen-bond acceptors (Lipinski definition) is 1. The lowest BCUT2D eigenvalue weighted by Gasteiger charge is -2.39. The molecule has 1 atom stereocenters. The summed E-state index contributed by atoms with van der Waals surface area (Å²) in [6, 6.07) is 0.252. The molecule has 0 radical (unpaired) electrons. The van der Waals surface area contributed by atoms with Crippen LogP contribution in [0.15, 0.2) is 0 Å². The normalized spacial score (nSPS) is 27.6. The first-order chi connectivity index (χ1) is 6.31. The maximum absolute atomic E-state index is 12.7. The molecule has 0 amide bonds. The van der Waals surface area contributed by atoms with Crippen molar-refractivity contribution in [1.82, 2.24) is 5.32 Å². The Morgan fingerprint density at radius 3 is 2.50 bits per heavy atom. The molecule has 0 spiro atoms. The van der Waals surface area contributed by atoms with Crippen LogP contribution in [-0.2, 0) is 0 Å². The summed E-state index contributed by atoms with van der Waals surface area (Å²) in [7, 11) is 0. The highest BCUT2D eigenvalue weighted by Gasteiger charge is 2.33. The minimum Gasteiger partial charge on any atom is -0.308 e. The highest BCUT2D eigenvalue weighted by molar-refractivity contribution is 4.88. The van der Waals surface area contributed by atoms with E-state index in [0.717, 1.165) is 26.2 Å². The topological polar surface area (TPSA) is 12.0 Å². The quantitative estimate of drug-likeness (QED) is 0.746. The molecule has 1 saturated carbocycles. The lowest BCUT2D eigenvalue weighted by Crippen LogP contribution is -2.47. The number of rotatable bonds is 3. The summed E-state index contributed by atoms with van der Waals surface area (Å²) in [4.78, 5) is 0. The summed E-state index contributed by atoms with van der Waals surface area (Å²) in [5.74, 6) is -2.59. The Hall–Kier alpha value is -0.180. The van der Waals surface area contributed by atoms with Gasteiger partial charge in [0.15, 0.2) is 0 Å². The van der Waals surface area contributed by atoms with Crippen molar-refractivity contribution in [2.75, 3.05) is 6.54 Å². The zero-order valence-electron chi connectivity index (χ0n) is 9.37. The first kappa shape index (κ1) is 11.9. The number of hydrogen-bond donors (Lipinski definition) is 1. The van der Waals surface area contributed by atoms with E-state index in [4.69, 9.17) is 0 Å². The molecule has 1 rings (SSSR count). The summed E-state index contributed by atoms with van der Waals surface area (Å²) in [6.07, 6.45) is 4.56. The fourth-order valence-corrected chi connectivity index (χ4v) is 2.17. The van der Waals surface area contributed by atoms with Gasteiger partial charge < -0.3 is 5.32 Å². The molecule has 0 saturated heterocycles. The average molecular weight is 205 g/mol. The maximum Gasteiger partial charge on any atom is 0.257 e. The van der Waals surface area contributed by atoms with Crippen molar-refractivity contribution in [2.45, 2.75) is 58.4 Å². The molecule has 1 aliphatic carbocycles. The minimum absolute atomic E-state index is 0.170. The molecule has 1 aliphatic rings. The molecule has 1 nitrogen and oxygen atoms in total. The fraction of sp³-hybridized carbons (Fsp3) is 1.00. The molecule has 1 unspecified atom stereocenters. The Balaban J connectivity index is 2.42. The first-order valence-corrected chi connectivity index (χ1v) is 5.42. The molecular weight excluding hydrogens is 184 g/mol. The van der Waals surface area contributed by atoms with E-state index in [1.54, 1.807) is 0 Å². The highest BCUT2D eigenvalue weighted by Crippen LogP contribution is 2.35. The summed E-state index contributed by atoms with van der Waals surface area (Å²) in [5, 5.41) is 3.00. The summed E-state index contributed by atoms with van der Waals surface area (Å²) in [5.41, 5.74) is 0.170. The lowest BCUT2D eigenvalue weighted by atomic mass is 9.73. The van der Waals surface area contributed by atoms with Crippen LogP contribution in [-0.4, -0.2) is 18.5 Å². The number of halogens is 2. The smallest absolute Gasteiger partial charge is 0.257 e. The highest BCUT2D eigenvalue weighted by atomic mass is 19.3. The van der Waals surface area contributed by atoms with Crippen molar-refractivity contribution in [1.29, 1.82) is 0 Å². The minimum atomic E-state index is -2.59. The largest absolute Gasteiger partial charge is 0.308 e. The molecule has 1 N–H and O–H groups in total. The van der Waals surface area contributed by atoms with Gasteiger partial charge in [0.2, 0.25) is 0 Å². The van der Waals surface area contributed by atoms with E-state index in [2.05, 4.69) is 19.2 Å². The van der Waals surface area contributed by atoms with Gasteiger partial charge in [0.1, 0.15) is 0 Å². The maximum atomic E-state index is 12.7. The van der Waals surface area contributed by atoms with E-state index in [1.807, 2.05) is 0 Å². The van der Waals surface area contributed by atoms with Crippen LogP contribution in [0.2, 0.25) is 0 Å². The van der Waals surface area contributed by atoms with E-state index in [-0.39, 0.29) is 18.0 Å². The second kappa shape index (κ2) is 4.13. The van der Waals surface area contributed by atoms with Gasteiger partial charge in [-0.1, -0.05) is 26.7 Å². The van der Waals surface area contributed by atoms with Crippen LogP contribution in [0, 0.1) is 5.41 Å². The van der Waals surface area contributed by atoms with Crippen LogP contribution >= 0.6 is 0 Å². The van der Waals surface area contributed by atoms with E-state index in [1.165, 1.54) is 6.42 Å². The molecule has 0 aromatic rings. The van der Waals surface area contributed by atoms with Crippen LogP contribution < -0.4 is 5.32 Å². The Bertz CT molecular complexity index is 184. The number of nitrogens with one attached hydrogen (secondary N) is 1. The second-order valence-electron chi connectivity index (χ2n) is 5.24. The van der Waals surface area contributed by atoms with E-state index < -0.39 is 5.92 Å². The molecule has 1 fully saturated rings. The van der Waals surface area contributed by atoms with Crippen molar-refractivity contribution in [3.8, 4) is 0 Å². The Morgan fingerprint density at radius 2 is 2.00 bits per heavy atom.